The van der Waals surface area contributed by atoms with E-state index < -0.39 is 18.9 Å². The molecule has 0 fully saturated rings. The van der Waals surface area contributed by atoms with Crippen molar-refractivity contribution in [1.82, 2.24) is 24.6 Å². The molecule has 7 nitrogen and oxygen atoms in total. The molecule has 0 aliphatic carbocycles. The first-order chi connectivity index (χ1) is 14.2. The number of methoxy groups -OCH3 is 1. The minimum atomic E-state index is -4.39. The second kappa shape index (κ2) is 7.35. The van der Waals surface area contributed by atoms with Crippen LogP contribution in [-0.2, 0) is 24.9 Å². The van der Waals surface area contributed by atoms with Crippen molar-refractivity contribution in [3.8, 4) is 0 Å². The number of rotatable bonds is 5. The molecule has 1 unspecified atom stereocenters. The standard InChI is InChI=1S/C20H23F3N6O/c1-27(2)9-12-5-6-15-14(7-12)16-17(29(15)11-20(21,22)23)19(30-4)26-18(25-16)13-8-24-28(3)10-13/h5-8,10,18,26H,9,11H2,1-4H3. The molecule has 10 heteroatoms. The molecule has 0 radical (unpaired) electrons. The highest BCUT2D eigenvalue weighted by molar-refractivity contribution is 5.81. The summed E-state index contributed by atoms with van der Waals surface area (Å²) in [5.41, 5.74) is 2.25. The van der Waals surface area contributed by atoms with Gasteiger partial charge in [-0.3, -0.25) is 9.67 Å². The number of aryl methyl sites for hydroxylation is 1. The number of hydrogen-bond acceptors (Lipinski definition) is 5. The fourth-order valence-corrected chi connectivity index (χ4v) is 3.80. The van der Waals surface area contributed by atoms with Gasteiger partial charge in [0.1, 0.15) is 11.9 Å². The Labute approximate surface area is 171 Å². The van der Waals surface area contributed by atoms with Crippen LogP contribution in [0, 0.1) is 0 Å². The summed E-state index contributed by atoms with van der Waals surface area (Å²) in [6.07, 6.45) is -1.41. The van der Waals surface area contributed by atoms with Gasteiger partial charge in [0, 0.05) is 30.7 Å². The van der Waals surface area contributed by atoms with Crippen LogP contribution in [0.15, 0.2) is 35.6 Å². The molecule has 3 heterocycles. The molecular formula is C20H23F3N6O. The van der Waals surface area contributed by atoms with Crippen LogP contribution in [0.2, 0.25) is 0 Å². The van der Waals surface area contributed by atoms with Crippen molar-refractivity contribution in [2.24, 2.45) is 12.0 Å². The fraction of sp³-hybridized carbons (Fsp3) is 0.400. The lowest BCUT2D eigenvalue weighted by Crippen LogP contribution is -2.44. The lowest BCUT2D eigenvalue weighted by molar-refractivity contribution is -0.140. The zero-order valence-electron chi connectivity index (χ0n) is 17.2. The van der Waals surface area contributed by atoms with E-state index in [9.17, 15) is 13.2 Å². The summed E-state index contributed by atoms with van der Waals surface area (Å²) in [5.74, 6) is 0.253. The SMILES string of the molecule is COC1=c2c(c3cc(CN(C)C)ccc3n2CC(F)(F)F)=NC(c2cnn(C)c2)N1. The Morgan fingerprint density at radius 1 is 1.27 bits per heavy atom. The highest BCUT2D eigenvalue weighted by Gasteiger charge is 2.31. The van der Waals surface area contributed by atoms with Gasteiger partial charge in [-0.05, 0) is 31.8 Å². The molecule has 1 aliphatic heterocycles. The van der Waals surface area contributed by atoms with E-state index >= 15 is 0 Å². The van der Waals surface area contributed by atoms with E-state index in [1.807, 2.05) is 37.3 Å². The average molecular weight is 420 g/mol. The second-order valence-electron chi connectivity index (χ2n) is 7.64. The predicted octanol–water partition coefficient (Wildman–Crippen LogP) is 1.63. The Kier molecular flexibility index (Phi) is 4.97. The van der Waals surface area contributed by atoms with Crippen LogP contribution in [0.5, 0.6) is 0 Å². The molecule has 0 saturated heterocycles. The molecule has 0 bridgehead atoms. The van der Waals surface area contributed by atoms with Crippen LogP contribution in [0.4, 0.5) is 13.2 Å². The average Bonchev–Trinajstić information content (AvgIpc) is 3.21. The number of alkyl halides is 3. The van der Waals surface area contributed by atoms with Crippen molar-refractivity contribution in [1.29, 1.82) is 0 Å². The van der Waals surface area contributed by atoms with E-state index in [0.717, 1.165) is 11.1 Å². The Hall–Kier alpha value is -3.01. The molecular weight excluding hydrogens is 397 g/mol. The second-order valence-corrected chi connectivity index (χ2v) is 7.64. The van der Waals surface area contributed by atoms with Crippen molar-refractivity contribution in [2.45, 2.75) is 25.4 Å². The number of hydrogen-bond donors (Lipinski definition) is 1. The molecule has 4 rings (SSSR count). The van der Waals surface area contributed by atoms with Crippen molar-refractivity contribution < 1.29 is 17.9 Å². The van der Waals surface area contributed by atoms with E-state index in [0.29, 0.717) is 28.2 Å². The topological polar surface area (TPSA) is 59.6 Å². The molecule has 1 aliphatic rings. The van der Waals surface area contributed by atoms with Gasteiger partial charge >= 0.3 is 6.18 Å². The normalized spacial score (nSPS) is 16.5. The van der Waals surface area contributed by atoms with Gasteiger partial charge in [-0.25, -0.2) is 0 Å². The Balaban J connectivity index is 2.02. The summed E-state index contributed by atoms with van der Waals surface area (Å²) in [6.45, 7) is -0.465. The smallest absolute Gasteiger partial charge is 0.406 e. The quantitative estimate of drug-likeness (QED) is 0.682. The third kappa shape index (κ3) is 3.74. The maximum Gasteiger partial charge on any atom is 0.406 e. The molecule has 1 aromatic carbocycles. The fourth-order valence-electron chi connectivity index (χ4n) is 3.80. The summed E-state index contributed by atoms with van der Waals surface area (Å²) in [5, 5.41) is 8.72. The van der Waals surface area contributed by atoms with Crippen molar-refractivity contribution in [3.63, 3.8) is 0 Å². The highest BCUT2D eigenvalue weighted by Crippen LogP contribution is 2.23. The number of fused-ring (bicyclic) bond motifs is 3. The van der Waals surface area contributed by atoms with Crippen LogP contribution >= 0.6 is 0 Å². The van der Waals surface area contributed by atoms with Gasteiger partial charge in [0.2, 0.25) is 5.88 Å². The maximum atomic E-state index is 13.4. The zero-order valence-corrected chi connectivity index (χ0v) is 17.2. The Morgan fingerprint density at radius 2 is 2.03 bits per heavy atom. The van der Waals surface area contributed by atoms with E-state index in [4.69, 9.17) is 9.73 Å². The number of aromatic nitrogens is 3. The van der Waals surface area contributed by atoms with Gasteiger partial charge in [-0.15, -0.1) is 0 Å². The van der Waals surface area contributed by atoms with Crippen molar-refractivity contribution >= 4 is 16.8 Å². The minimum Gasteiger partial charge on any atom is -0.481 e. The summed E-state index contributed by atoms with van der Waals surface area (Å²) in [6, 6.07) is 5.47. The Morgan fingerprint density at radius 3 is 2.63 bits per heavy atom. The molecule has 0 amide bonds. The molecule has 1 atom stereocenters. The van der Waals surface area contributed by atoms with E-state index in [1.54, 1.807) is 24.0 Å². The number of nitrogens with one attached hydrogen (secondary N) is 1. The van der Waals surface area contributed by atoms with Crippen LogP contribution in [-0.4, -0.2) is 46.6 Å². The third-order valence-electron chi connectivity index (χ3n) is 4.92. The first kappa shape index (κ1) is 20.3. The molecule has 160 valence electrons. The van der Waals surface area contributed by atoms with Crippen LogP contribution in [0.25, 0.3) is 16.8 Å². The molecule has 3 aromatic rings. The molecule has 1 N–H and O–H groups in total. The Bertz CT molecular complexity index is 1210. The first-order valence-electron chi connectivity index (χ1n) is 9.40. The van der Waals surface area contributed by atoms with Gasteiger partial charge in [0.15, 0.2) is 6.17 Å². The van der Waals surface area contributed by atoms with Crippen LogP contribution < -0.4 is 16.0 Å². The summed E-state index contributed by atoms with van der Waals surface area (Å²) in [4.78, 5) is 6.76. The van der Waals surface area contributed by atoms with E-state index in [-0.39, 0.29) is 5.88 Å². The molecule has 30 heavy (non-hydrogen) atoms. The van der Waals surface area contributed by atoms with Crippen molar-refractivity contribution in [2.75, 3.05) is 21.2 Å². The number of nitrogens with zero attached hydrogens (tertiary/aromatic N) is 5. The van der Waals surface area contributed by atoms with Crippen LogP contribution in [0.3, 0.4) is 0 Å². The van der Waals surface area contributed by atoms with Gasteiger partial charge < -0.3 is 19.5 Å². The number of halogens is 3. The largest absolute Gasteiger partial charge is 0.481 e. The first-order valence-corrected chi connectivity index (χ1v) is 9.40. The van der Waals surface area contributed by atoms with Crippen LogP contribution in [0.1, 0.15) is 17.3 Å². The maximum absolute atomic E-state index is 13.4. The van der Waals surface area contributed by atoms with Crippen molar-refractivity contribution in [3.05, 3.63) is 52.4 Å². The van der Waals surface area contributed by atoms with E-state index in [2.05, 4.69) is 10.4 Å². The summed E-state index contributed by atoms with van der Waals surface area (Å²) >= 11 is 0. The predicted molar refractivity (Wildman–Crippen MR) is 106 cm³/mol. The lowest BCUT2D eigenvalue weighted by Gasteiger charge is -2.20. The van der Waals surface area contributed by atoms with Gasteiger partial charge in [0.25, 0.3) is 0 Å². The zero-order chi connectivity index (χ0) is 21.6. The highest BCUT2D eigenvalue weighted by atomic mass is 19.4. The van der Waals surface area contributed by atoms with Gasteiger partial charge in [0.05, 0.1) is 24.2 Å². The molecule has 2 aromatic heterocycles. The van der Waals surface area contributed by atoms with E-state index in [1.165, 1.54) is 11.7 Å². The number of benzene rings is 1. The third-order valence-corrected chi connectivity index (χ3v) is 4.92. The monoisotopic (exact) mass is 420 g/mol. The summed E-state index contributed by atoms with van der Waals surface area (Å²) < 4.78 is 48.6. The number of ether oxygens (including phenoxy) is 1. The van der Waals surface area contributed by atoms with Gasteiger partial charge in [-0.1, -0.05) is 6.07 Å². The molecule has 0 saturated carbocycles. The van der Waals surface area contributed by atoms with Gasteiger partial charge in [-0.2, -0.15) is 18.3 Å². The molecule has 0 spiro atoms. The summed E-state index contributed by atoms with van der Waals surface area (Å²) in [7, 11) is 7.11. The minimum absolute atomic E-state index is 0.253. The lowest BCUT2D eigenvalue weighted by atomic mass is 10.1.